The highest BCUT2D eigenvalue weighted by Gasteiger charge is 1.97. The molecule has 0 aliphatic rings. The van der Waals surface area contributed by atoms with Gasteiger partial charge in [0.25, 0.3) is 0 Å². The first kappa shape index (κ1) is 96.4. The van der Waals surface area contributed by atoms with Crippen LogP contribution in [0.1, 0.15) is 225 Å². The lowest BCUT2D eigenvalue weighted by Crippen LogP contribution is -2.01. The van der Waals surface area contributed by atoms with Crippen LogP contribution < -0.4 is 0 Å². The Morgan fingerprint density at radius 1 is 0.297 bits per heavy atom. The minimum atomic E-state index is 0. The second-order valence-electron chi connectivity index (χ2n) is 18.8. The van der Waals surface area contributed by atoms with Gasteiger partial charge in [-0.25, -0.2) is 0 Å². The van der Waals surface area contributed by atoms with Crippen LogP contribution in [-0.4, -0.2) is 45.7 Å². The predicted molar refractivity (Wildman–Crippen MR) is 344 cm³/mol. The maximum Gasteiger partial charge on any atom is 0.0720 e. The molecule has 0 aliphatic carbocycles. The lowest BCUT2D eigenvalue weighted by Gasteiger charge is -2.06. The minimum absolute atomic E-state index is 0. The van der Waals surface area contributed by atoms with E-state index in [1.807, 2.05) is 152 Å². The normalized spacial score (nSPS) is 8.97. The molecular formula is C69H136O5. The van der Waals surface area contributed by atoms with Gasteiger partial charge in [0.2, 0.25) is 0 Å². The molecule has 0 spiro atoms. The van der Waals surface area contributed by atoms with Gasteiger partial charge in [0, 0.05) is 27.4 Å². The monoisotopic (exact) mass is 1050 g/mol. The minimum Gasteiger partial charge on any atom is -0.382 e. The molecule has 0 amide bonds. The van der Waals surface area contributed by atoms with E-state index in [0.29, 0.717) is 30.1 Å². The highest BCUT2D eigenvalue weighted by atomic mass is 16.5. The number of benzene rings is 4. The molecule has 0 aliphatic heterocycles. The Morgan fingerprint density at radius 2 is 0.500 bits per heavy atom. The van der Waals surface area contributed by atoms with Gasteiger partial charge in [-0.2, -0.15) is 0 Å². The van der Waals surface area contributed by atoms with Gasteiger partial charge in [0.15, 0.2) is 0 Å². The van der Waals surface area contributed by atoms with Crippen molar-refractivity contribution >= 4 is 0 Å². The van der Waals surface area contributed by atoms with Crippen molar-refractivity contribution in [3.8, 4) is 0 Å². The molecule has 4 aromatic carbocycles. The second kappa shape index (κ2) is 81.1. The maximum atomic E-state index is 5.48. The Balaban J connectivity index is -0.0000000683. The highest BCUT2D eigenvalue weighted by Crippen LogP contribution is 2.07. The molecule has 0 fully saturated rings. The third kappa shape index (κ3) is 109. The summed E-state index contributed by atoms with van der Waals surface area (Å²) in [5, 5.41) is 0. The summed E-state index contributed by atoms with van der Waals surface area (Å²) < 4.78 is 25.9. The van der Waals surface area contributed by atoms with Gasteiger partial charge in [-0.3, -0.25) is 0 Å². The smallest absolute Gasteiger partial charge is 0.0720 e. The molecule has 0 saturated heterocycles. The topological polar surface area (TPSA) is 46.2 Å². The molecule has 0 bridgehead atoms. The van der Waals surface area contributed by atoms with E-state index in [2.05, 4.69) is 150 Å². The zero-order valence-electron chi connectivity index (χ0n) is 52.4. The van der Waals surface area contributed by atoms with E-state index < -0.39 is 0 Å². The first-order chi connectivity index (χ1) is 33.7. The third-order valence-electron chi connectivity index (χ3n) is 6.98. The molecule has 4 aromatic rings. The first-order valence-electron chi connectivity index (χ1n) is 27.6. The van der Waals surface area contributed by atoms with Crippen LogP contribution in [0.25, 0.3) is 0 Å². The Hall–Kier alpha value is -3.32. The van der Waals surface area contributed by atoms with Crippen LogP contribution >= 0.6 is 0 Å². The summed E-state index contributed by atoms with van der Waals surface area (Å²) >= 11 is 0. The summed E-state index contributed by atoms with van der Waals surface area (Å²) in [6.45, 7) is 58.1. The van der Waals surface area contributed by atoms with E-state index in [-0.39, 0.29) is 22.3 Å². The fourth-order valence-electron chi connectivity index (χ4n) is 3.90. The van der Waals surface area contributed by atoms with Crippen molar-refractivity contribution < 1.29 is 23.7 Å². The number of hydrogen-bond acceptors (Lipinski definition) is 5. The third-order valence-corrected chi connectivity index (χ3v) is 6.98. The van der Waals surface area contributed by atoms with E-state index in [9.17, 15) is 0 Å². The predicted octanol–water partition coefficient (Wildman–Crippen LogP) is 22.6. The van der Waals surface area contributed by atoms with Crippen molar-refractivity contribution in [1.29, 1.82) is 0 Å². The van der Waals surface area contributed by atoms with Crippen molar-refractivity contribution in [2.24, 2.45) is 29.6 Å². The molecule has 442 valence electrons. The molecule has 0 unspecified atom stereocenters. The first-order valence-corrected chi connectivity index (χ1v) is 27.6. The Labute approximate surface area is 469 Å². The quantitative estimate of drug-likeness (QED) is 0.119. The molecule has 0 radical (unpaired) electrons. The molecule has 5 heteroatoms. The highest BCUT2D eigenvalue weighted by molar-refractivity contribution is 5.16. The summed E-state index contributed by atoms with van der Waals surface area (Å²) in [5.41, 5.74) is 5.18. The van der Waals surface area contributed by atoms with Gasteiger partial charge in [0.1, 0.15) is 0 Å². The number of methoxy groups -OCH3 is 2. The SMILES string of the molecule is C.C.C.CC.CC.CC.CC.CC(C)C.CC(C)C.CC(C)COCc1ccccc1.CC(C)COCc1ccccc1.CC(C)Cc1ccccc1.CC(C)OCc1ccccc1.COC(C)C.COC(C)C. The molecule has 0 aromatic heterocycles. The molecule has 5 nitrogen and oxygen atoms in total. The summed E-state index contributed by atoms with van der Waals surface area (Å²) in [7, 11) is 3.40. The van der Waals surface area contributed by atoms with Crippen LogP contribution in [0.2, 0.25) is 0 Å². The van der Waals surface area contributed by atoms with Gasteiger partial charge in [-0.15, -0.1) is 0 Å². The van der Waals surface area contributed by atoms with Gasteiger partial charge < -0.3 is 23.7 Å². The summed E-state index contributed by atoms with van der Waals surface area (Å²) in [5.74, 6) is 3.67. The molecular weight excluding hydrogens is 909 g/mol. The average Bonchev–Trinajstić information content (AvgIpc) is 3.35. The zero-order chi connectivity index (χ0) is 56.8. The van der Waals surface area contributed by atoms with Crippen LogP contribution in [0.3, 0.4) is 0 Å². The number of rotatable bonds is 15. The Bertz CT molecular complexity index is 1320. The van der Waals surface area contributed by atoms with Crippen LogP contribution in [0.15, 0.2) is 121 Å². The fourth-order valence-corrected chi connectivity index (χ4v) is 3.90. The van der Waals surface area contributed by atoms with E-state index in [0.717, 1.165) is 50.8 Å². The summed E-state index contributed by atoms with van der Waals surface area (Å²) in [4.78, 5) is 0. The molecule has 0 heterocycles. The van der Waals surface area contributed by atoms with Crippen molar-refractivity contribution in [2.45, 2.75) is 247 Å². The van der Waals surface area contributed by atoms with E-state index >= 15 is 0 Å². The van der Waals surface area contributed by atoms with Crippen molar-refractivity contribution in [2.75, 3.05) is 27.4 Å². The van der Waals surface area contributed by atoms with Crippen molar-refractivity contribution in [3.05, 3.63) is 144 Å². The van der Waals surface area contributed by atoms with E-state index in [1.165, 1.54) is 28.7 Å². The number of hydrogen-bond donors (Lipinski definition) is 0. The van der Waals surface area contributed by atoms with Crippen LogP contribution in [0, 0.1) is 29.6 Å². The van der Waals surface area contributed by atoms with Gasteiger partial charge >= 0.3 is 0 Å². The zero-order valence-corrected chi connectivity index (χ0v) is 52.4. The lowest BCUT2D eigenvalue weighted by atomic mass is 10.0. The van der Waals surface area contributed by atoms with E-state index in [1.54, 1.807) is 14.2 Å². The molecule has 4 rings (SSSR count). The fraction of sp³-hybridized carbons (Fsp3) is 0.652. The standard InChI is InChI=1S/2C11H16O.C10H14O.C10H14.2C4H10O.2C4H10.4C2H6.3CH4/c2*1-10(2)8-12-9-11-6-4-3-5-7-11;1-9(2)11-8-10-6-4-3-5-7-10;1-9(2)8-10-6-4-3-5-7-10;2*1-4(2)5-3;2*1-4(2)3;4*1-2;;;/h2*3-7,10H,8-9H2,1-2H3;3-7,9H,8H2,1-2H3;3-7,9H,8H2,1-2H3;2*4H,1-3H3;2*4H,1-3H3;4*1-2H3;3*1H4. The Morgan fingerprint density at radius 3 is 0.676 bits per heavy atom. The van der Waals surface area contributed by atoms with Crippen LogP contribution in [0.5, 0.6) is 0 Å². The molecule has 74 heavy (non-hydrogen) atoms. The Kier molecular flexibility index (Phi) is 106. The van der Waals surface area contributed by atoms with E-state index in [4.69, 9.17) is 23.7 Å². The van der Waals surface area contributed by atoms with Crippen molar-refractivity contribution in [1.82, 2.24) is 0 Å². The summed E-state index contributed by atoms with van der Waals surface area (Å²) in [6, 6.07) is 41.3. The maximum absolute atomic E-state index is 5.48. The largest absolute Gasteiger partial charge is 0.382 e. The van der Waals surface area contributed by atoms with Crippen LogP contribution in [-0.2, 0) is 49.9 Å². The van der Waals surface area contributed by atoms with Gasteiger partial charge in [-0.1, -0.05) is 282 Å². The molecule has 0 saturated carbocycles. The lowest BCUT2D eigenvalue weighted by molar-refractivity contribution is 0.0657. The summed E-state index contributed by atoms with van der Waals surface area (Å²) in [6.07, 6.45) is 2.28. The van der Waals surface area contributed by atoms with Gasteiger partial charge in [-0.05, 0) is 99.8 Å². The number of ether oxygens (including phenoxy) is 5. The van der Waals surface area contributed by atoms with Crippen molar-refractivity contribution in [3.63, 3.8) is 0 Å². The molecule has 0 atom stereocenters. The average molecular weight is 1050 g/mol. The molecule has 0 N–H and O–H groups in total. The van der Waals surface area contributed by atoms with Gasteiger partial charge in [0.05, 0.1) is 38.1 Å². The van der Waals surface area contributed by atoms with Crippen LogP contribution in [0.4, 0.5) is 0 Å². The second-order valence-corrected chi connectivity index (χ2v) is 18.8.